The van der Waals surface area contributed by atoms with Crippen LogP contribution in [0.15, 0.2) is 69.4 Å². The molecule has 4 rings (SSSR count). The zero-order valence-electron chi connectivity index (χ0n) is 18.3. The zero-order chi connectivity index (χ0) is 24.1. The van der Waals surface area contributed by atoms with Crippen LogP contribution in [-0.2, 0) is 10.5 Å². The Morgan fingerprint density at radius 3 is 2.53 bits per heavy atom. The van der Waals surface area contributed by atoms with Gasteiger partial charge in [0.1, 0.15) is 5.82 Å². The van der Waals surface area contributed by atoms with Crippen molar-refractivity contribution in [1.29, 1.82) is 0 Å². The Morgan fingerprint density at radius 1 is 1.03 bits per heavy atom. The molecule has 4 aromatic rings. The minimum atomic E-state index is -0.142. The van der Waals surface area contributed by atoms with Crippen molar-refractivity contribution in [2.45, 2.75) is 29.9 Å². The smallest absolute Gasteiger partial charge is 0.234 e. The van der Waals surface area contributed by atoms with Gasteiger partial charge >= 0.3 is 0 Å². The van der Waals surface area contributed by atoms with E-state index in [1.807, 2.05) is 73.0 Å². The quantitative estimate of drug-likeness (QED) is 0.200. The SMILES string of the molecule is Cc1cc(C)nc(SCc2nnc(SCC(=O)Nc3ccccc3Br)n2-c2cccc(Cl)c2)n1. The molecule has 0 atom stereocenters. The van der Waals surface area contributed by atoms with E-state index in [0.717, 1.165) is 27.2 Å². The van der Waals surface area contributed by atoms with E-state index in [9.17, 15) is 4.79 Å². The predicted octanol–water partition coefficient (Wildman–Crippen LogP) is 6.11. The number of anilines is 1. The number of nitrogens with one attached hydrogen (secondary N) is 1. The molecule has 0 bridgehead atoms. The van der Waals surface area contributed by atoms with Crippen molar-refractivity contribution in [1.82, 2.24) is 24.7 Å². The summed E-state index contributed by atoms with van der Waals surface area (Å²) in [5.74, 6) is 1.25. The summed E-state index contributed by atoms with van der Waals surface area (Å²) in [5.41, 5.74) is 3.37. The Hall–Kier alpha value is -2.40. The normalized spacial score (nSPS) is 10.9. The number of amides is 1. The molecule has 0 fully saturated rings. The van der Waals surface area contributed by atoms with Gasteiger partial charge in [0, 0.05) is 20.9 Å². The molecule has 0 saturated carbocycles. The van der Waals surface area contributed by atoms with Crippen LogP contribution in [0.5, 0.6) is 0 Å². The first-order valence-corrected chi connectivity index (χ1v) is 13.4. The fraction of sp³-hybridized carbons (Fsp3) is 0.174. The van der Waals surface area contributed by atoms with Gasteiger partial charge in [-0.2, -0.15) is 0 Å². The molecule has 0 aliphatic rings. The maximum Gasteiger partial charge on any atom is 0.234 e. The predicted molar refractivity (Wildman–Crippen MR) is 141 cm³/mol. The molecular formula is C23H20BrClN6OS2. The lowest BCUT2D eigenvalue weighted by Gasteiger charge is -2.11. The Kier molecular flexibility index (Phi) is 8.25. The monoisotopic (exact) mass is 574 g/mol. The van der Waals surface area contributed by atoms with E-state index in [0.29, 0.717) is 26.9 Å². The average Bonchev–Trinajstić information content (AvgIpc) is 3.20. The molecule has 174 valence electrons. The molecule has 2 heterocycles. The van der Waals surface area contributed by atoms with Gasteiger partial charge in [-0.05, 0) is 66.2 Å². The van der Waals surface area contributed by atoms with Gasteiger partial charge in [-0.3, -0.25) is 9.36 Å². The topological polar surface area (TPSA) is 85.6 Å². The highest BCUT2D eigenvalue weighted by Gasteiger charge is 2.17. The molecule has 0 radical (unpaired) electrons. The third-order valence-corrected chi connectivity index (χ3v) is 7.24. The molecule has 34 heavy (non-hydrogen) atoms. The number of hydrogen-bond donors (Lipinski definition) is 1. The summed E-state index contributed by atoms with van der Waals surface area (Å²) in [4.78, 5) is 21.5. The molecule has 2 aromatic heterocycles. The number of carbonyl (C=O) groups is 1. The van der Waals surface area contributed by atoms with Crippen molar-refractivity contribution < 1.29 is 4.79 Å². The number of benzene rings is 2. The van der Waals surface area contributed by atoms with Gasteiger partial charge in [-0.15, -0.1) is 10.2 Å². The largest absolute Gasteiger partial charge is 0.324 e. The fourth-order valence-electron chi connectivity index (χ4n) is 3.13. The molecule has 0 aliphatic heterocycles. The number of hydrogen-bond acceptors (Lipinski definition) is 7. The number of nitrogens with zero attached hydrogens (tertiary/aromatic N) is 5. The molecule has 1 N–H and O–H groups in total. The molecule has 1 amide bonds. The average molecular weight is 576 g/mol. The first kappa shape index (κ1) is 24.7. The van der Waals surface area contributed by atoms with Gasteiger partial charge in [0.25, 0.3) is 0 Å². The lowest BCUT2D eigenvalue weighted by Crippen LogP contribution is -2.15. The van der Waals surface area contributed by atoms with E-state index in [2.05, 4.69) is 41.4 Å². The second kappa shape index (κ2) is 11.4. The lowest BCUT2D eigenvalue weighted by molar-refractivity contribution is -0.113. The molecule has 0 spiro atoms. The second-order valence-electron chi connectivity index (χ2n) is 7.25. The van der Waals surface area contributed by atoms with Crippen LogP contribution in [0, 0.1) is 13.8 Å². The summed E-state index contributed by atoms with van der Waals surface area (Å²) in [5, 5.41) is 13.5. The maximum absolute atomic E-state index is 12.6. The second-order valence-corrected chi connectivity index (χ2v) is 10.4. The van der Waals surface area contributed by atoms with Crippen molar-refractivity contribution in [2.75, 3.05) is 11.1 Å². The lowest BCUT2D eigenvalue weighted by atomic mass is 10.3. The van der Waals surface area contributed by atoms with Gasteiger partial charge < -0.3 is 5.32 Å². The number of rotatable bonds is 8. The number of thioether (sulfide) groups is 2. The van der Waals surface area contributed by atoms with Crippen molar-refractivity contribution in [3.05, 3.63) is 81.3 Å². The number of aromatic nitrogens is 5. The highest BCUT2D eigenvalue weighted by molar-refractivity contribution is 9.10. The Labute approximate surface area is 219 Å². The van der Waals surface area contributed by atoms with Crippen LogP contribution in [0.1, 0.15) is 17.2 Å². The number of halogens is 2. The standard InChI is InChI=1S/C23H20BrClN6OS2/c1-14-10-15(2)27-22(26-14)33-12-20-29-30-23(31(20)17-7-5-6-16(25)11-17)34-13-21(32)28-19-9-4-3-8-18(19)24/h3-11H,12-13H2,1-2H3,(H,28,32). The van der Waals surface area contributed by atoms with Gasteiger partial charge in [-0.25, -0.2) is 9.97 Å². The van der Waals surface area contributed by atoms with Crippen LogP contribution in [0.4, 0.5) is 5.69 Å². The first-order chi connectivity index (χ1) is 16.4. The van der Waals surface area contributed by atoms with Crippen LogP contribution in [-0.4, -0.2) is 36.4 Å². The van der Waals surface area contributed by atoms with Crippen LogP contribution in [0.3, 0.4) is 0 Å². The van der Waals surface area contributed by atoms with E-state index < -0.39 is 0 Å². The van der Waals surface area contributed by atoms with Gasteiger partial charge in [0.05, 0.1) is 22.9 Å². The number of para-hydroxylation sites is 1. The van der Waals surface area contributed by atoms with E-state index >= 15 is 0 Å². The van der Waals surface area contributed by atoms with E-state index in [1.54, 1.807) is 0 Å². The fourth-order valence-corrected chi connectivity index (χ4v) is 5.33. The van der Waals surface area contributed by atoms with E-state index in [1.165, 1.54) is 23.5 Å². The summed E-state index contributed by atoms with van der Waals surface area (Å²) < 4.78 is 2.74. The Morgan fingerprint density at radius 2 is 1.79 bits per heavy atom. The highest BCUT2D eigenvalue weighted by Crippen LogP contribution is 2.28. The summed E-state index contributed by atoms with van der Waals surface area (Å²) >= 11 is 12.5. The molecule has 11 heteroatoms. The van der Waals surface area contributed by atoms with E-state index in [-0.39, 0.29) is 11.7 Å². The summed E-state index contributed by atoms with van der Waals surface area (Å²) in [6.07, 6.45) is 0. The molecular weight excluding hydrogens is 556 g/mol. The number of aryl methyl sites for hydroxylation is 2. The first-order valence-electron chi connectivity index (χ1n) is 10.2. The van der Waals surface area contributed by atoms with Crippen LogP contribution in [0.2, 0.25) is 5.02 Å². The van der Waals surface area contributed by atoms with Crippen molar-refractivity contribution in [3.63, 3.8) is 0 Å². The number of carbonyl (C=O) groups excluding carboxylic acids is 1. The Balaban J connectivity index is 1.54. The molecule has 0 unspecified atom stereocenters. The third-order valence-electron chi connectivity index (χ3n) is 4.54. The molecule has 2 aromatic carbocycles. The molecule has 0 saturated heterocycles. The van der Waals surface area contributed by atoms with Gasteiger partial charge in [0.15, 0.2) is 10.3 Å². The summed E-state index contributed by atoms with van der Waals surface area (Å²) in [6, 6.07) is 16.9. The molecule has 7 nitrogen and oxygen atoms in total. The third kappa shape index (κ3) is 6.38. The van der Waals surface area contributed by atoms with Crippen molar-refractivity contribution in [2.24, 2.45) is 0 Å². The highest BCUT2D eigenvalue weighted by atomic mass is 79.9. The summed E-state index contributed by atoms with van der Waals surface area (Å²) in [7, 11) is 0. The minimum Gasteiger partial charge on any atom is -0.324 e. The van der Waals surface area contributed by atoms with Gasteiger partial charge in [-0.1, -0.05) is 53.3 Å². The summed E-state index contributed by atoms with van der Waals surface area (Å²) in [6.45, 7) is 3.89. The Bertz CT molecular complexity index is 1310. The zero-order valence-corrected chi connectivity index (χ0v) is 22.3. The van der Waals surface area contributed by atoms with Crippen LogP contribution < -0.4 is 5.32 Å². The van der Waals surface area contributed by atoms with Crippen molar-refractivity contribution >= 4 is 62.6 Å². The van der Waals surface area contributed by atoms with Crippen LogP contribution >= 0.6 is 51.1 Å². The molecule has 0 aliphatic carbocycles. The minimum absolute atomic E-state index is 0.142. The van der Waals surface area contributed by atoms with Gasteiger partial charge in [0.2, 0.25) is 5.91 Å². The maximum atomic E-state index is 12.6. The van der Waals surface area contributed by atoms with Crippen molar-refractivity contribution in [3.8, 4) is 5.69 Å². The van der Waals surface area contributed by atoms with E-state index in [4.69, 9.17) is 11.6 Å². The van der Waals surface area contributed by atoms with Crippen LogP contribution in [0.25, 0.3) is 5.69 Å².